The molecule has 5 rings (SSSR count). The Morgan fingerprint density at radius 2 is 1.90 bits per heavy atom. The van der Waals surface area contributed by atoms with Gasteiger partial charge < -0.3 is 18.9 Å². The molecule has 210 valence electrons. The number of methoxy groups -OCH3 is 1. The van der Waals surface area contributed by atoms with Gasteiger partial charge in [0.05, 0.1) is 26.0 Å². The molecule has 1 atom stereocenters. The second-order valence-corrected chi connectivity index (χ2v) is 11.8. The van der Waals surface area contributed by atoms with Crippen LogP contribution in [0.25, 0.3) is 10.9 Å². The molecule has 1 aromatic carbocycles. The van der Waals surface area contributed by atoms with Crippen LogP contribution in [-0.2, 0) is 16.6 Å². The number of aromatic nitrogens is 3. The van der Waals surface area contributed by atoms with Crippen molar-refractivity contribution in [2.75, 3.05) is 43.9 Å². The van der Waals surface area contributed by atoms with E-state index in [0.29, 0.717) is 19.5 Å². The number of rotatable bonds is 2. The fourth-order valence-electron chi connectivity index (χ4n) is 5.21. The number of halogens is 2. The van der Waals surface area contributed by atoms with Crippen LogP contribution in [0.5, 0.6) is 11.5 Å². The fraction of sp³-hybridized carbons (Fsp3) is 0.480. The number of anilines is 1. The Morgan fingerprint density at radius 1 is 1.18 bits per heavy atom. The van der Waals surface area contributed by atoms with Crippen LogP contribution in [-0.4, -0.2) is 73.2 Å². The molecule has 0 saturated carbocycles. The molecule has 0 fully saturated rings. The number of amides is 1. The highest BCUT2D eigenvalue weighted by molar-refractivity contribution is 7.92. The van der Waals surface area contributed by atoms with E-state index in [-0.39, 0.29) is 76.8 Å². The predicted molar refractivity (Wildman–Crippen MR) is 139 cm³/mol. The third-order valence-electron chi connectivity index (χ3n) is 7.23. The number of hydrogen-bond acceptors (Lipinski definition) is 7. The standard InChI is InChI=1S/C25H29F2N5O6S/c1-5-30-12-14(2)32-20-19(22(37-4)21(32)25(30)34)24(33)31-13-15-10-16(26)17(27)11-18(15)38-8-6-7-9-39(35,36)29(3)23(20)28-31/h10-11,14H,5-9,12-13H2,1-4H3/t14-/m0/s1. The van der Waals surface area contributed by atoms with Crippen LogP contribution in [0.2, 0.25) is 0 Å². The summed E-state index contributed by atoms with van der Waals surface area (Å²) in [5.74, 6) is -2.93. The van der Waals surface area contributed by atoms with Gasteiger partial charge in [0.2, 0.25) is 10.0 Å². The highest BCUT2D eigenvalue weighted by Crippen LogP contribution is 2.41. The predicted octanol–water partition coefficient (Wildman–Crippen LogP) is 2.51. The summed E-state index contributed by atoms with van der Waals surface area (Å²) in [6, 6.07) is 1.49. The van der Waals surface area contributed by atoms with E-state index in [0.717, 1.165) is 21.1 Å². The number of ether oxygens (including phenoxy) is 2. The molecule has 14 heteroatoms. The first-order valence-corrected chi connectivity index (χ1v) is 14.2. The minimum atomic E-state index is -3.92. The molecule has 4 heterocycles. The molecule has 0 radical (unpaired) electrons. The highest BCUT2D eigenvalue weighted by atomic mass is 32.2. The van der Waals surface area contributed by atoms with E-state index in [9.17, 15) is 26.8 Å². The molecule has 2 aliphatic heterocycles. The van der Waals surface area contributed by atoms with E-state index >= 15 is 0 Å². The second-order valence-electron chi connectivity index (χ2n) is 9.67. The number of benzene rings is 1. The summed E-state index contributed by atoms with van der Waals surface area (Å²) in [6.45, 7) is 4.17. The third kappa shape index (κ3) is 4.30. The van der Waals surface area contributed by atoms with Crippen molar-refractivity contribution in [1.29, 1.82) is 0 Å². The van der Waals surface area contributed by atoms with Gasteiger partial charge in [-0.3, -0.25) is 13.9 Å². The van der Waals surface area contributed by atoms with Crippen molar-refractivity contribution in [2.24, 2.45) is 0 Å². The average Bonchev–Trinajstić information content (AvgIpc) is 3.25. The Bertz CT molecular complexity index is 1650. The van der Waals surface area contributed by atoms with Gasteiger partial charge in [0, 0.05) is 37.8 Å². The monoisotopic (exact) mass is 565 g/mol. The Labute approximate surface area is 223 Å². The molecule has 0 aliphatic carbocycles. The van der Waals surface area contributed by atoms with Crippen molar-refractivity contribution < 1.29 is 31.5 Å². The van der Waals surface area contributed by atoms with Gasteiger partial charge in [0.15, 0.2) is 28.9 Å². The molecule has 0 saturated heterocycles. The number of likely N-dealkylation sites (N-methyl/N-ethyl adjacent to an activating group) is 1. The molecule has 0 unspecified atom stereocenters. The number of hydrogen-bond donors (Lipinski definition) is 0. The van der Waals surface area contributed by atoms with E-state index in [1.165, 1.54) is 14.2 Å². The maximum Gasteiger partial charge on any atom is 0.280 e. The third-order valence-corrected chi connectivity index (χ3v) is 9.04. The molecule has 3 aromatic rings. The lowest BCUT2D eigenvalue weighted by atomic mass is 10.1. The van der Waals surface area contributed by atoms with Crippen molar-refractivity contribution >= 4 is 32.7 Å². The first-order valence-electron chi connectivity index (χ1n) is 12.6. The van der Waals surface area contributed by atoms with E-state index < -0.39 is 27.2 Å². The molecule has 2 aliphatic rings. The van der Waals surface area contributed by atoms with E-state index in [1.54, 1.807) is 9.47 Å². The molecule has 2 bridgehead atoms. The normalized spacial score (nSPS) is 19.4. The second kappa shape index (κ2) is 9.81. The Kier molecular flexibility index (Phi) is 6.77. The fourth-order valence-corrected chi connectivity index (χ4v) is 6.44. The summed E-state index contributed by atoms with van der Waals surface area (Å²) < 4.78 is 69.9. The first kappa shape index (κ1) is 26.9. The van der Waals surface area contributed by atoms with Crippen LogP contribution in [0.15, 0.2) is 16.9 Å². The number of nitrogens with zero attached hydrogens (tertiary/aromatic N) is 5. The van der Waals surface area contributed by atoms with Crippen molar-refractivity contribution in [3.63, 3.8) is 0 Å². The van der Waals surface area contributed by atoms with Gasteiger partial charge in [0.1, 0.15) is 16.7 Å². The summed E-state index contributed by atoms with van der Waals surface area (Å²) in [6.07, 6.45) is 0.559. The summed E-state index contributed by atoms with van der Waals surface area (Å²) in [4.78, 5) is 29.0. The molecule has 1 amide bonds. The SMILES string of the molecule is CCN1C[C@H](C)n2c(c(OC)c3c(=O)n4nc(c32)N(C)S(=O)(=O)CCCCOc2cc(F)c(F)cc2C4)C1=O. The van der Waals surface area contributed by atoms with Gasteiger partial charge in [-0.2, -0.15) is 0 Å². The minimum Gasteiger partial charge on any atom is -0.493 e. The van der Waals surface area contributed by atoms with Gasteiger partial charge in [-0.1, -0.05) is 0 Å². The Hall–Kier alpha value is -3.68. The van der Waals surface area contributed by atoms with Crippen LogP contribution in [0.3, 0.4) is 0 Å². The van der Waals surface area contributed by atoms with Crippen molar-refractivity contribution in [2.45, 2.75) is 39.3 Å². The van der Waals surface area contributed by atoms with E-state index in [2.05, 4.69) is 5.10 Å². The number of carbonyl (C=O) groups is 1. The zero-order valence-electron chi connectivity index (χ0n) is 22.0. The van der Waals surface area contributed by atoms with Gasteiger partial charge >= 0.3 is 0 Å². The maximum absolute atomic E-state index is 14.3. The van der Waals surface area contributed by atoms with Crippen molar-refractivity contribution in [3.05, 3.63) is 45.4 Å². The lowest BCUT2D eigenvalue weighted by molar-refractivity contribution is 0.0685. The summed E-state index contributed by atoms with van der Waals surface area (Å²) in [5, 5.41) is 4.39. The maximum atomic E-state index is 14.3. The summed E-state index contributed by atoms with van der Waals surface area (Å²) in [7, 11) is -1.26. The number of carbonyl (C=O) groups excluding carboxylic acids is 1. The average molecular weight is 566 g/mol. The van der Waals surface area contributed by atoms with Crippen LogP contribution in [0.4, 0.5) is 14.6 Å². The molecule has 39 heavy (non-hydrogen) atoms. The Morgan fingerprint density at radius 3 is 2.59 bits per heavy atom. The van der Waals surface area contributed by atoms with Crippen LogP contribution < -0.4 is 19.3 Å². The van der Waals surface area contributed by atoms with Crippen LogP contribution in [0, 0.1) is 11.6 Å². The van der Waals surface area contributed by atoms with Crippen molar-refractivity contribution in [3.8, 4) is 11.5 Å². The molecular weight excluding hydrogens is 536 g/mol. The molecule has 2 aromatic heterocycles. The van der Waals surface area contributed by atoms with Crippen LogP contribution >= 0.6 is 0 Å². The lowest BCUT2D eigenvalue weighted by Gasteiger charge is -2.33. The number of sulfonamides is 1. The molecule has 0 spiro atoms. The van der Waals surface area contributed by atoms with Crippen molar-refractivity contribution in [1.82, 2.24) is 19.2 Å². The molecule has 0 N–H and O–H groups in total. The first-order chi connectivity index (χ1) is 18.5. The molecule has 11 nitrogen and oxygen atoms in total. The minimum absolute atomic E-state index is 0.000672. The highest BCUT2D eigenvalue weighted by Gasteiger charge is 2.39. The molecular formula is C25H29F2N5O6S. The van der Waals surface area contributed by atoms with Crippen LogP contribution in [0.1, 0.15) is 48.8 Å². The summed E-state index contributed by atoms with van der Waals surface area (Å²) in [5.41, 5.74) is -0.271. The lowest BCUT2D eigenvalue weighted by Crippen LogP contribution is -2.42. The zero-order chi connectivity index (χ0) is 28.2. The summed E-state index contributed by atoms with van der Waals surface area (Å²) >= 11 is 0. The van der Waals surface area contributed by atoms with Gasteiger partial charge in [0.25, 0.3) is 11.5 Å². The van der Waals surface area contributed by atoms with Gasteiger partial charge in [-0.05, 0) is 32.8 Å². The van der Waals surface area contributed by atoms with E-state index in [1.807, 2.05) is 13.8 Å². The largest absolute Gasteiger partial charge is 0.493 e. The van der Waals surface area contributed by atoms with Gasteiger partial charge in [-0.25, -0.2) is 21.9 Å². The number of fused-ring (bicyclic) bond motifs is 7. The Balaban J connectivity index is 1.88. The van der Waals surface area contributed by atoms with Gasteiger partial charge in [-0.15, -0.1) is 5.10 Å². The van der Waals surface area contributed by atoms with E-state index in [4.69, 9.17) is 9.47 Å². The topological polar surface area (TPSA) is 116 Å². The zero-order valence-corrected chi connectivity index (χ0v) is 22.8. The quantitative estimate of drug-likeness (QED) is 0.469. The smallest absolute Gasteiger partial charge is 0.280 e.